The van der Waals surface area contributed by atoms with Crippen LogP contribution in [0.3, 0.4) is 0 Å². The second kappa shape index (κ2) is 12.9. The predicted molar refractivity (Wildman–Crippen MR) is 115 cm³/mol. The van der Waals surface area contributed by atoms with Crippen LogP contribution in [-0.4, -0.2) is 55.6 Å². The Balaban J connectivity index is 0.00000288. The van der Waals surface area contributed by atoms with Crippen LogP contribution in [0.25, 0.3) is 0 Å². The summed E-state index contributed by atoms with van der Waals surface area (Å²) in [5, 5.41) is 6.72. The van der Waals surface area contributed by atoms with Gasteiger partial charge in [-0.1, -0.05) is 6.42 Å². The van der Waals surface area contributed by atoms with Gasteiger partial charge in [-0.15, -0.1) is 24.0 Å². The van der Waals surface area contributed by atoms with Crippen molar-refractivity contribution in [3.63, 3.8) is 0 Å². The molecular weight excluding hydrogens is 435 g/mol. The summed E-state index contributed by atoms with van der Waals surface area (Å²) in [6, 6.07) is 4.28. The molecule has 2 N–H and O–H groups in total. The molecule has 0 bridgehead atoms. The van der Waals surface area contributed by atoms with Gasteiger partial charge in [0.2, 0.25) is 0 Å². The number of thioether (sulfide) groups is 1. The number of piperidine rings is 1. The Kier molecular flexibility index (Phi) is 11.6. The van der Waals surface area contributed by atoms with Crippen LogP contribution in [0.1, 0.15) is 38.0 Å². The smallest absolute Gasteiger partial charge is 0.191 e. The maximum atomic E-state index is 5.68. The van der Waals surface area contributed by atoms with Gasteiger partial charge in [-0.2, -0.15) is 11.8 Å². The van der Waals surface area contributed by atoms with E-state index >= 15 is 0 Å². The summed E-state index contributed by atoms with van der Waals surface area (Å²) >= 11 is 1.84. The van der Waals surface area contributed by atoms with Gasteiger partial charge in [-0.3, -0.25) is 9.89 Å². The molecule has 1 atom stereocenters. The van der Waals surface area contributed by atoms with E-state index in [2.05, 4.69) is 34.8 Å². The van der Waals surface area contributed by atoms with Crippen molar-refractivity contribution in [2.75, 3.05) is 44.7 Å². The van der Waals surface area contributed by atoms with Crippen molar-refractivity contribution in [3.8, 4) is 0 Å². The number of rotatable bonds is 8. The topological polar surface area (TPSA) is 52.8 Å². The van der Waals surface area contributed by atoms with Crippen LogP contribution in [0, 0.1) is 0 Å². The summed E-state index contributed by atoms with van der Waals surface area (Å²) in [5.74, 6) is 3.00. The molecule has 1 fully saturated rings. The first-order valence-electron chi connectivity index (χ1n) is 8.63. The minimum atomic E-state index is 0. The van der Waals surface area contributed by atoms with Crippen molar-refractivity contribution in [2.45, 2.75) is 32.2 Å². The minimum absolute atomic E-state index is 0. The fourth-order valence-electron chi connectivity index (χ4n) is 2.89. The zero-order chi connectivity index (χ0) is 16.3. The lowest BCUT2D eigenvalue weighted by Gasteiger charge is -2.32. The lowest BCUT2D eigenvalue weighted by atomic mass is 10.1. The number of hydrogen-bond donors (Lipinski definition) is 2. The van der Waals surface area contributed by atoms with E-state index < -0.39 is 0 Å². The Hall–Kier alpha value is -0.410. The molecule has 1 aliphatic heterocycles. The van der Waals surface area contributed by atoms with Crippen LogP contribution in [0.2, 0.25) is 0 Å². The molecule has 2 heterocycles. The molecule has 0 radical (unpaired) electrons. The molecule has 7 heteroatoms. The Morgan fingerprint density at radius 1 is 1.33 bits per heavy atom. The van der Waals surface area contributed by atoms with Crippen molar-refractivity contribution >= 4 is 41.7 Å². The fraction of sp³-hybridized carbons (Fsp3) is 0.706. The van der Waals surface area contributed by atoms with Crippen LogP contribution >= 0.6 is 35.7 Å². The Morgan fingerprint density at radius 2 is 2.12 bits per heavy atom. The first kappa shape index (κ1) is 21.6. The molecule has 24 heavy (non-hydrogen) atoms. The molecular formula is C17H31IN4OS. The quantitative estimate of drug-likeness (QED) is 0.267. The van der Waals surface area contributed by atoms with Gasteiger partial charge >= 0.3 is 0 Å². The zero-order valence-electron chi connectivity index (χ0n) is 14.8. The monoisotopic (exact) mass is 466 g/mol. The van der Waals surface area contributed by atoms with Crippen LogP contribution in [0.5, 0.6) is 0 Å². The number of hydrogen-bond acceptors (Lipinski definition) is 4. The molecule has 2 rings (SSSR count). The van der Waals surface area contributed by atoms with Crippen molar-refractivity contribution < 1.29 is 4.42 Å². The minimum Gasteiger partial charge on any atom is -0.468 e. The number of aliphatic imine (C=N–C) groups is 1. The molecule has 0 saturated carbocycles. The van der Waals surface area contributed by atoms with Gasteiger partial charge < -0.3 is 15.1 Å². The number of nitrogens with zero attached hydrogens (tertiary/aromatic N) is 2. The maximum absolute atomic E-state index is 5.68. The van der Waals surface area contributed by atoms with Gasteiger partial charge in [0, 0.05) is 18.8 Å². The molecule has 0 spiro atoms. The molecule has 1 aromatic rings. The summed E-state index contributed by atoms with van der Waals surface area (Å²) < 4.78 is 5.68. The lowest BCUT2D eigenvalue weighted by Crippen LogP contribution is -2.40. The van der Waals surface area contributed by atoms with Crippen molar-refractivity contribution in [3.05, 3.63) is 24.2 Å². The number of furan rings is 1. The highest BCUT2D eigenvalue weighted by atomic mass is 127. The largest absolute Gasteiger partial charge is 0.468 e. The molecule has 138 valence electrons. The molecule has 1 aromatic heterocycles. The van der Waals surface area contributed by atoms with Gasteiger partial charge in [-0.25, -0.2) is 0 Å². The number of guanidine groups is 1. The second-order valence-corrected chi connectivity index (χ2v) is 6.75. The Morgan fingerprint density at radius 3 is 2.75 bits per heavy atom. The SMILES string of the molecule is CCNC(=NCC(c1ccco1)N1CCCCC1)NCCSC.I. The van der Waals surface area contributed by atoms with E-state index in [1.807, 2.05) is 17.8 Å². The maximum Gasteiger partial charge on any atom is 0.191 e. The normalized spacial score (nSPS) is 17.2. The summed E-state index contributed by atoms with van der Waals surface area (Å²) in [7, 11) is 0. The summed E-state index contributed by atoms with van der Waals surface area (Å²) in [6.07, 6.45) is 7.76. The third kappa shape index (κ3) is 7.23. The molecule has 1 aliphatic rings. The fourth-order valence-corrected chi connectivity index (χ4v) is 3.19. The van der Waals surface area contributed by atoms with Gasteiger partial charge in [0.05, 0.1) is 18.8 Å². The van der Waals surface area contributed by atoms with Crippen molar-refractivity contribution in [1.82, 2.24) is 15.5 Å². The van der Waals surface area contributed by atoms with E-state index in [1.165, 1.54) is 19.3 Å². The average molecular weight is 466 g/mol. The summed E-state index contributed by atoms with van der Waals surface area (Å²) in [5.41, 5.74) is 0. The summed E-state index contributed by atoms with van der Waals surface area (Å²) in [4.78, 5) is 7.31. The van der Waals surface area contributed by atoms with E-state index in [0.29, 0.717) is 0 Å². The Labute approximate surface area is 167 Å². The van der Waals surface area contributed by atoms with Gasteiger partial charge in [0.15, 0.2) is 5.96 Å². The molecule has 0 amide bonds. The van der Waals surface area contributed by atoms with Gasteiger partial charge in [0.25, 0.3) is 0 Å². The van der Waals surface area contributed by atoms with E-state index in [-0.39, 0.29) is 30.0 Å². The molecule has 1 saturated heterocycles. The lowest BCUT2D eigenvalue weighted by molar-refractivity contribution is 0.150. The van der Waals surface area contributed by atoms with Crippen molar-refractivity contribution in [2.24, 2.45) is 4.99 Å². The van der Waals surface area contributed by atoms with Gasteiger partial charge in [0.1, 0.15) is 5.76 Å². The standard InChI is InChI=1S/C17H30N4OS.HI/c1-3-18-17(19-9-13-23-2)20-14-15(16-8-7-12-22-16)21-10-5-4-6-11-21;/h7-8,12,15H,3-6,9-11,13-14H2,1-2H3,(H2,18,19,20);1H. The van der Waals surface area contributed by atoms with Crippen molar-refractivity contribution in [1.29, 1.82) is 0 Å². The van der Waals surface area contributed by atoms with E-state index in [0.717, 1.165) is 50.2 Å². The second-order valence-electron chi connectivity index (χ2n) is 5.77. The highest BCUT2D eigenvalue weighted by molar-refractivity contribution is 14.0. The average Bonchev–Trinajstić information content (AvgIpc) is 3.10. The van der Waals surface area contributed by atoms with E-state index in [1.54, 1.807) is 6.26 Å². The first-order chi connectivity index (χ1) is 11.3. The summed E-state index contributed by atoms with van der Waals surface area (Å²) in [6.45, 7) is 6.90. The number of halogens is 1. The van der Waals surface area contributed by atoms with E-state index in [4.69, 9.17) is 9.41 Å². The third-order valence-electron chi connectivity index (χ3n) is 4.07. The van der Waals surface area contributed by atoms with Crippen LogP contribution in [0.4, 0.5) is 0 Å². The zero-order valence-corrected chi connectivity index (χ0v) is 17.9. The first-order valence-corrected chi connectivity index (χ1v) is 10.0. The predicted octanol–water partition coefficient (Wildman–Crippen LogP) is 3.34. The highest BCUT2D eigenvalue weighted by Crippen LogP contribution is 2.25. The number of nitrogens with one attached hydrogen (secondary N) is 2. The van der Waals surface area contributed by atoms with Gasteiger partial charge in [-0.05, 0) is 51.2 Å². The van der Waals surface area contributed by atoms with Crippen LogP contribution < -0.4 is 10.6 Å². The molecule has 5 nitrogen and oxygen atoms in total. The highest BCUT2D eigenvalue weighted by Gasteiger charge is 2.24. The molecule has 1 unspecified atom stereocenters. The van der Waals surface area contributed by atoms with Crippen LogP contribution in [-0.2, 0) is 0 Å². The molecule has 0 aliphatic carbocycles. The number of likely N-dealkylation sites (tertiary alicyclic amines) is 1. The van der Waals surface area contributed by atoms with E-state index in [9.17, 15) is 0 Å². The Bertz CT molecular complexity index is 449. The molecule has 0 aromatic carbocycles. The third-order valence-corrected chi connectivity index (χ3v) is 4.68. The van der Waals surface area contributed by atoms with Crippen LogP contribution in [0.15, 0.2) is 27.8 Å².